The third kappa shape index (κ3) is 6.14. The number of thiophene rings is 1. The van der Waals surface area contributed by atoms with E-state index in [9.17, 15) is 33.6 Å². The van der Waals surface area contributed by atoms with Gasteiger partial charge in [0.2, 0.25) is 0 Å². The second-order valence-corrected chi connectivity index (χ2v) is 9.98. The molecule has 1 amide bonds. The number of benzene rings is 2. The molecule has 3 rings (SSSR count). The fraction of sp³-hybridized carbons (Fsp3) is 0.308. The Bertz CT molecular complexity index is 1330. The average molecular weight is 548 g/mol. The van der Waals surface area contributed by atoms with Gasteiger partial charge in [-0.15, -0.1) is 11.3 Å². The number of carbonyl (C=O) groups is 2. The van der Waals surface area contributed by atoms with Crippen LogP contribution in [0.25, 0.3) is 10.4 Å². The summed E-state index contributed by atoms with van der Waals surface area (Å²) in [7, 11) is 0. The average Bonchev–Trinajstić information content (AvgIpc) is 3.25. The molecule has 0 aliphatic rings. The van der Waals surface area contributed by atoms with Crippen molar-refractivity contribution in [1.82, 2.24) is 0 Å². The number of anilines is 1. The number of nitrogens with two attached hydrogens (primary N) is 1. The number of rotatable bonds is 10. The van der Waals surface area contributed by atoms with Gasteiger partial charge in [0, 0.05) is 40.2 Å². The minimum Gasteiger partial charge on any atom is -0.478 e. The molecule has 0 atom stereocenters. The Morgan fingerprint density at radius 3 is 2.26 bits per heavy atom. The molecule has 1 heterocycles. The van der Waals surface area contributed by atoms with Crippen LogP contribution in [0.4, 0.5) is 24.3 Å². The highest BCUT2D eigenvalue weighted by Crippen LogP contribution is 2.46. The highest BCUT2D eigenvalue weighted by molar-refractivity contribution is 7.20. The number of hydrogen-bond donors (Lipinski definition) is 2. The molecule has 2 aromatic carbocycles. The van der Waals surface area contributed by atoms with Gasteiger partial charge in [0.1, 0.15) is 22.2 Å². The van der Waals surface area contributed by atoms with Crippen LogP contribution in [-0.4, -0.2) is 35.2 Å². The summed E-state index contributed by atoms with van der Waals surface area (Å²) in [5.74, 6) is -2.68. The largest absolute Gasteiger partial charge is 0.478 e. The van der Waals surface area contributed by atoms with E-state index in [0.29, 0.717) is 10.4 Å². The first-order valence-electron chi connectivity index (χ1n) is 11.7. The zero-order valence-electron chi connectivity index (χ0n) is 21.0. The zero-order chi connectivity index (χ0) is 28.2. The van der Waals surface area contributed by atoms with Gasteiger partial charge in [-0.05, 0) is 63.4 Å². The van der Waals surface area contributed by atoms with Crippen molar-refractivity contribution in [2.75, 3.05) is 18.1 Å². The van der Waals surface area contributed by atoms with Gasteiger partial charge in [-0.3, -0.25) is 15.0 Å². The maximum absolute atomic E-state index is 13.8. The van der Waals surface area contributed by atoms with Crippen LogP contribution in [0.2, 0.25) is 0 Å². The van der Waals surface area contributed by atoms with Crippen LogP contribution in [0.1, 0.15) is 48.7 Å². The number of nitro groups is 1. The molecule has 0 bridgehead atoms. The Kier molecular flexibility index (Phi) is 8.79. The van der Waals surface area contributed by atoms with Crippen molar-refractivity contribution in [2.45, 2.75) is 39.2 Å². The van der Waals surface area contributed by atoms with Gasteiger partial charge in [0.25, 0.3) is 5.69 Å². The molecule has 0 spiro atoms. The second-order valence-electron chi connectivity index (χ2n) is 8.98. The first kappa shape index (κ1) is 28.7. The van der Waals surface area contributed by atoms with Gasteiger partial charge in [-0.25, -0.2) is 18.4 Å². The maximum Gasteiger partial charge on any atom is 0.414 e. The van der Waals surface area contributed by atoms with Crippen LogP contribution in [0.5, 0.6) is 0 Å². The van der Waals surface area contributed by atoms with Crippen LogP contribution >= 0.6 is 11.3 Å². The number of non-ortho nitro benzene ring substituents is 1. The maximum atomic E-state index is 13.8. The highest BCUT2D eigenvalue weighted by Gasteiger charge is 2.35. The summed E-state index contributed by atoms with van der Waals surface area (Å²) < 4.78 is 33.0. The van der Waals surface area contributed by atoms with Gasteiger partial charge >= 0.3 is 12.1 Å². The van der Waals surface area contributed by atoms with Gasteiger partial charge < -0.3 is 15.6 Å². The van der Waals surface area contributed by atoms with Crippen molar-refractivity contribution in [3.63, 3.8) is 0 Å². The Hall–Kier alpha value is -3.90. The molecule has 3 N–H and O–H groups in total. The van der Waals surface area contributed by atoms with Crippen LogP contribution in [0.15, 0.2) is 42.5 Å². The Labute approximate surface area is 221 Å². The molecule has 1 aromatic heterocycles. The Morgan fingerprint density at radius 2 is 1.76 bits per heavy atom. The van der Waals surface area contributed by atoms with Crippen LogP contribution in [-0.2, 0) is 16.7 Å². The number of nitro benzene ring substituents is 1. The third-order valence-corrected chi connectivity index (χ3v) is 6.99. The number of hydrogen-bond acceptors (Lipinski definition) is 7. The van der Waals surface area contributed by atoms with E-state index in [1.807, 2.05) is 0 Å². The molecule has 202 valence electrons. The van der Waals surface area contributed by atoms with E-state index in [1.54, 1.807) is 20.8 Å². The van der Waals surface area contributed by atoms with E-state index in [1.165, 1.54) is 30.3 Å². The molecule has 0 aliphatic heterocycles. The quantitative estimate of drug-likeness (QED) is 0.178. The van der Waals surface area contributed by atoms with Crippen molar-refractivity contribution < 1.29 is 33.1 Å². The van der Waals surface area contributed by atoms with Gasteiger partial charge in [0.15, 0.2) is 0 Å². The predicted octanol–water partition coefficient (Wildman–Crippen LogP) is 6.09. The summed E-state index contributed by atoms with van der Waals surface area (Å²) in [6.07, 6.45) is -0.679. The van der Waals surface area contributed by atoms with E-state index < -0.39 is 34.2 Å². The molecular weight excluding hydrogens is 520 g/mol. The number of amides is 1. The Morgan fingerprint density at radius 1 is 1.16 bits per heavy atom. The predicted molar refractivity (Wildman–Crippen MR) is 140 cm³/mol. The van der Waals surface area contributed by atoms with Crippen molar-refractivity contribution in [2.24, 2.45) is 5.73 Å². The SMILES string of the molecule is CCN(C(=O)OCCCc1c(F)cccc1F)c1sc(-c2ccc([N+](=O)[O-])cc2)c(C(C)(C)N)c1C(=O)O. The van der Waals surface area contributed by atoms with Crippen LogP contribution < -0.4 is 10.6 Å². The first-order valence-corrected chi connectivity index (χ1v) is 12.5. The van der Waals surface area contributed by atoms with E-state index >= 15 is 0 Å². The lowest BCUT2D eigenvalue weighted by Crippen LogP contribution is -2.34. The smallest absolute Gasteiger partial charge is 0.414 e. The summed E-state index contributed by atoms with van der Waals surface area (Å²) >= 11 is 1.00. The monoisotopic (exact) mass is 547 g/mol. The summed E-state index contributed by atoms with van der Waals surface area (Å²) in [5, 5.41) is 21.3. The molecule has 0 unspecified atom stereocenters. The summed E-state index contributed by atoms with van der Waals surface area (Å²) in [6, 6.07) is 9.13. The van der Waals surface area contributed by atoms with E-state index in [0.717, 1.165) is 28.4 Å². The standard InChI is InChI=1S/C26H27F2N3O6S/c1-4-30(25(34)37-14-6-7-17-18(27)8-5-9-19(17)28)23-20(24(32)33)21(26(2,3)29)22(38-23)15-10-12-16(13-11-15)31(35)36/h5,8-13H,4,6-7,14,29H2,1-3H3,(H,32,33). The number of halogens is 2. The minimum absolute atomic E-state index is 0.00704. The summed E-state index contributed by atoms with van der Waals surface area (Å²) in [4.78, 5) is 37.5. The summed E-state index contributed by atoms with van der Waals surface area (Å²) in [6.45, 7) is 4.79. The number of carboxylic acid groups (broad SMARTS) is 1. The van der Waals surface area contributed by atoms with Gasteiger partial charge in [0.05, 0.1) is 11.5 Å². The lowest BCUT2D eigenvalue weighted by molar-refractivity contribution is -0.384. The first-order chi connectivity index (χ1) is 17.9. The van der Waals surface area contributed by atoms with Crippen molar-refractivity contribution in [1.29, 1.82) is 0 Å². The molecular formula is C26H27F2N3O6S. The summed E-state index contributed by atoms with van der Waals surface area (Å²) in [5.41, 5.74) is 5.56. The topological polar surface area (TPSA) is 136 Å². The Balaban J connectivity index is 1.92. The van der Waals surface area contributed by atoms with E-state index in [-0.39, 0.29) is 53.4 Å². The zero-order valence-corrected chi connectivity index (χ0v) is 21.8. The van der Waals surface area contributed by atoms with E-state index in [4.69, 9.17) is 10.5 Å². The number of carboxylic acids is 1. The molecule has 0 fully saturated rings. The lowest BCUT2D eigenvalue weighted by atomic mass is 9.89. The number of ether oxygens (including phenoxy) is 1. The van der Waals surface area contributed by atoms with Crippen molar-refractivity contribution >= 4 is 34.1 Å². The second kappa shape index (κ2) is 11.7. The molecule has 0 radical (unpaired) electrons. The third-order valence-electron chi connectivity index (χ3n) is 5.73. The molecule has 3 aromatic rings. The van der Waals surface area contributed by atoms with Crippen molar-refractivity contribution in [3.8, 4) is 10.4 Å². The number of carbonyl (C=O) groups excluding carboxylic acids is 1. The fourth-order valence-electron chi connectivity index (χ4n) is 3.97. The van der Waals surface area contributed by atoms with Crippen LogP contribution in [0.3, 0.4) is 0 Å². The highest BCUT2D eigenvalue weighted by atomic mass is 32.1. The normalized spacial score (nSPS) is 11.3. The van der Waals surface area contributed by atoms with E-state index in [2.05, 4.69) is 0 Å². The molecule has 38 heavy (non-hydrogen) atoms. The minimum atomic E-state index is -1.31. The van der Waals surface area contributed by atoms with Gasteiger partial charge in [-0.2, -0.15) is 0 Å². The molecule has 0 saturated carbocycles. The van der Waals surface area contributed by atoms with Gasteiger partial charge in [-0.1, -0.05) is 6.07 Å². The number of aromatic carboxylic acids is 1. The molecule has 0 saturated heterocycles. The molecule has 9 nitrogen and oxygen atoms in total. The fourth-order valence-corrected chi connectivity index (χ4v) is 5.49. The van der Waals surface area contributed by atoms with Crippen molar-refractivity contribution in [3.05, 3.63) is 80.9 Å². The van der Waals surface area contributed by atoms with Crippen LogP contribution in [0, 0.1) is 21.7 Å². The number of nitrogens with zero attached hydrogens (tertiary/aromatic N) is 2. The molecule has 0 aliphatic carbocycles. The lowest BCUT2D eigenvalue weighted by Gasteiger charge is -2.23. The molecule has 12 heteroatoms.